The van der Waals surface area contributed by atoms with E-state index in [-0.39, 0.29) is 17.3 Å². The van der Waals surface area contributed by atoms with Gasteiger partial charge in [-0.3, -0.25) is 4.79 Å². The zero-order valence-electron chi connectivity index (χ0n) is 14.2. The molecule has 1 saturated heterocycles. The summed E-state index contributed by atoms with van der Waals surface area (Å²) in [7, 11) is -0.185. The molecule has 0 spiro atoms. The van der Waals surface area contributed by atoms with Gasteiger partial charge in [-0.1, -0.05) is 12.1 Å². The molecule has 0 atom stereocenters. The molecule has 1 aliphatic rings. The van der Waals surface area contributed by atoms with E-state index >= 15 is 0 Å². The number of carbonyl (C=O) groups is 1. The van der Waals surface area contributed by atoms with Crippen LogP contribution in [-0.2, 0) is 14.8 Å². The molecular weight excluding hydrogens is 314 g/mol. The van der Waals surface area contributed by atoms with Crippen molar-refractivity contribution >= 4 is 15.9 Å². The van der Waals surface area contributed by atoms with Gasteiger partial charge in [-0.2, -0.15) is 4.31 Å². The molecule has 0 unspecified atom stereocenters. The van der Waals surface area contributed by atoms with Gasteiger partial charge in [0.25, 0.3) is 0 Å². The van der Waals surface area contributed by atoms with Crippen LogP contribution in [0.2, 0.25) is 0 Å². The zero-order valence-corrected chi connectivity index (χ0v) is 15.1. The van der Waals surface area contributed by atoms with Crippen molar-refractivity contribution in [1.82, 2.24) is 14.1 Å². The lowest BCUT2D eigenvalue weighted by molar-refractivity contribution is -0.132. The highest BCUT2D eigenvalue weighted by atomic mass is 32.2. The monoisotopic (exact) mass is 339 g/mol. The summed E-state index contributed by atoms with van der Waals surface area (Å²) in [6.07, 6.45) is 0. The van der Waals surface area contributed by atoms with Crippen LogP contribution in [0.3, 0.4) is 0 Å². The molecule has 0 aromatic heterocycles. The summed E-state index contributed by atoms with van der Waals surface area (Å²) in [5.74, 6) is -0.144. The molecule has 128 valence electrons. The molecule has 1 amide bonds. The number of hydrogen-bond acceptors (Lipinski definition) is 4. The fourth-order valence-electron chi connectivity index (χ4n) is 2.58. The highest BCUT2D eigenvalue weighted by Crippen LogP contribution is 2.20. The van der Waals surface area contributed by atoms with Crippen molar-refractivity contribution in [2.24, 2.45) is 0 Å². The second-order valence-electron chi connectivity index (χ2n) is 6.21. The molecular formula is C16H25N3O3S. The first kappa shape index (κ1) is 17.9. The van der Waals surface area contributed by atoms with Crippen LogP contribution >= 0.6 is 0 Å². The van der Waals surface area contributed by atoms with Crippen LogP contribution in [0, 0.1) is 13.8 Å². The Labute approximate surface area is 138 Å². The van der Waals surface area contributed by atoms with Gasteiger partial charge in [0, 0.05) is 33.2 Å². The van der Waals surface area contributed by atoms with Crippen LogP contribution < -0.4 is 0 Å². The lowest BCUT2D eigenvalue weighted by atomic mass is 10.2. The number of benzene rings is 1. The summed E-state index contributed by atoms with van der Waals surface area (Å²) in [5, 5.41) is 0. The summed E-state index contributed by atoms with van der Waals surface area (Å²) in [6.45, 7) is 6.42. The Balaban J connectivity index is 2.11. The summed E-state index contributed by atoms with van der Waals surface area (Å²) >= 11 is 0. The average Bonchev–Trinajstić information content (AvgIpc) is 2.50. The molecule has 0 bridgehead atoms. The van der Waals surface area contributed by atoms with E-state index in [0.29, 0.717) is 18.7 Å². The van der Waals surface area contributed by atoms with E-state index < -0.39 is 10.0 Å². The van der Waals surface area contributed by atoms with Gasteiger partial charge >= 0.3 is 0 Å². The summed E-state index contributed by atoms with van der Waals surface area (Å²) in [5.41, 5.74) is 1.57. The molecule has 1 aromatic carbocycles. The molecule has 23 heavy (non-hydrogen) atoms. The van der Waals surface area contributed by atoms with Gasteiger partial charge in [0.2, 0.25) is 15.9 Å². The Morgan fingerprint density at radius 3 is 2.39 bits per heavy atom. The topological polar surface area (TPSA) is 60.9 Å². The van der Waals surface area contributed by atoms with Gasteiger partial charge in [-0.25, -0.2) is 8.42 Å². The third kappa shape index (κ3) is 4.10. The van der Waals surface area contributed by atoms with Crippen molar-refractivity contribution < 1.29 is 13.2 Å². The van der Waals surface area contributed by atoms with E-state index in [1.54, 1.807) is 24.0 Å². The minimum Gasteiger partial charge on any atom is -0.339 e. The number of likely N-dealkylation sites (N-methyl/N-ethyl adjacent to an activating group) is 2. The molecule has 0 N–H and O–H groups in total. The molecule has 1 aromatic rings. The van der Waals surface area contributed by atoms with Crippen LogP contribution in [0.1, 0.15) is 11.1 Å². The maximum Gasteiger partial charge on any atom is 0.243 e. The fraction of sp³-hybridized carbons (Fsp3) is 0.562. The van der Waals surface area contributed by atoms with Crippen LogP contribution in [0.4, 0.5) is 0 Å². The van der Waals surface area contributed by atoms with Crippen LogP contribution in [-0.4, -0.2) is 75.2 Å². The SMILES string of the molecule is Cc1ccc(C)c(S(=O)(=O)N(C)CC(=O)N2CCN(C)CC2)c1. The lowest BCUT2D eigenvalue weighted by Crippen LogP contribution is -2.50. The van der Waals surface area contributed by atoms with Crippen molar-refractivity contribution in [3.63, 3.8) is 0 Å². The number of carbonyl (C=O) groups excluding carboxylic acids is 1. The highest BCUT2D eigenvalue weighted by molar-refractivity contribution is 7.89. The van der Waals surface area contributed by atoms with Gasteiger partial charge in [0.05, 0.1) is 11.4 Å². The molecule has 0 radical (unpaired) electrons. The summed E-state index contributed by atoms with van der Waals surface area (Å²) in [6, 6.07) is 5.32. The maximum absolute atomic E-state index is 12.7. The Hall–Kier alpha value is -1.44. The van der Waals surface area contributed by atoms with E-state index in [1.165, 1.54) is 7.05 Å². The standard InChI is InChI=1S/C16H25N3O3S/c1-13-5-6-14(2)15(11-13)23(21,22)18(4)12-16(20)19-9-7-17(3)8-10-19/h5-6,11H,7-10,12H2,1-4H3. The van der Waals surface area contributed by atoms with Crippen LogP contribution in [0.5, 0.6) is 0 Å². The molecule has 0 aliphatic carbocycles. The van der Waals surface area contributed by atoms with Crippen LogP contribution in [0.15, 0.2) is 23.1 Å². The second-order valence-corrected chi connectivity index (χ2v) is 8.23. The van der Waals surface area contributed by atoms with Gasteiger partial charge in [-0.05, 0) is 38.1 Å². The molecule has 0 saturated carbocycles. The largest absolute Gasteiger partial charge is 0.339 e. The first-order chi connectivity index (χ1) is 10.7. The minimum absolute atomic E-state index is 0.126. The lowest BCUT2D eigenvalue weighted by Gasteiger charge is -2.33. The van der Waals surface area contributed by atoms with Crippen molar-refractivity contribution in [3.05, 3.63) is 29.3 Å². The molecule has 7 heteroatoms. The zero-order chi connectivity index (χ0) is 17.2. The van der Waals surface area contributed by atoms with E-state index in [1.807, 2.05) is 20.0 Å². The number of sulfonamides is 1. The van der Waals surface area contributed by atoms with E-state index in [9.17, 15) is 13.2 Å². The normalized spacial score (nSPS) is 16.8. The van der Waals surface area contributed by atoms with Crippen molar-refractivity contribution in [2.45, 2.75) is 18.7 Å². The van der Waals surface area contributed by atoms with Crippen molar-refractivity contribution in [3.8, 4) is 0 Å². The summed E-state index contributed by atoms with van der Waals surface area (Å²) < 4.78 is 26.6. The first-order valence-electron chi connectivity index (χ1n) is 7.71. The van der Waals surface area contributed by atoms with Gasteiger partial charge in [0.15, 0.2) is 0 Å². The second kappa shape index (κ2) is 6.98. The fourth-order valence-corrected chi connectivity index (χ4v) is 4.01. The van der Waals surface area contributed by atoms with E-state index in [2.05, 4.69) is 4.90 Å². The molecule has 6 nitrogen and oxygen atoms in total. The predicted octanol–water partition coefficient (Wildman–Crippen LogP) is 0.698. The number of nitrogens with zero attached hydrogens (tertiary/aromatic N) is 3. The first-order valence-corrected chi connectivity index (χ1v) is 9.15. The number of piperazine rings is 1. The Morgan fingerprint density at radius 1 is 1.17 bits per heavy atom. The van der Waals surface area contributed by atoms with Crippen molar-refractivity contribution in [2.75, 3.05) is 46.8 Å². The number of aryl methyl sites for hydroxylation is 2. The third-order valence-electron chi connectivity index (χ3n) is 4.25. The van der Waals surface area contributed by atoms with Gasteiger partial charge in [-0.15, -0.1) is 0 Å². The maximum atomic E-state index is 12.7. The summed E-state index contributed by atoms with van der Waals surface area (Å²) in [4.78, 5) is 16.5. The average molecular weight is 339 g/mol. The molecule has 2 rings (SSSR count). The minimum atomic E-state index is -3.66. The van der Waals surface area contributed by atoms with Gasteiger partial charge in [0.1, 0.15) is 0 Å². The quantitative estimate of drug-likeness (QED) is 0.810. The number of amides is 1. The molecule has 1 aliphatic heterocycles. The van der Waals surface area contributed by atoms with E-state index in [4.69, 9.17) is 0 Å². The highest BCUT2D eigenvalue weighted by Gasteiger charge is 2.27. The van der Waals surface area contributed by atoms with Crippen molar-refractivity contribution in [1.29, 1.82) is 0 Å². The van der Waals surface area contributed by atoms with Crippen LogP contribution in [0.25, 0.3) is 0 Å². The van der Waals surface area contributed by atoms with E-state index in [0.717, 1.165) is 23.0 Å². The number of hydrogen-bond donors (Lipinski definition) is 0. The number of rotatable bonds is 4. The Kier molecular flexibility index (Phi) is 5.44. The molecule has 1 fully saturated rings. The molecule has 1 heterocycles. The Bertz CT molecular complexity index is 680. The third-order valence-corrected chi connectivity index (χ3v) is 6.19. The predicted molar refractivity (Wildman–Crippen MR) is 89.8 cm³/mol. The van der Waals surface area contributed by atoms with Gasteiger partial charge < -0.3 is 9.80 Å². The Morgan fingerprint density at radius 2 is 1.78 bits per heavy atom. The smallest absolute Gasteiger partial charge is 0.243 e.